The molecule has 29 heavy (non-hydrogen) atoms. The molecule has 0 saturated heterocycles. The van der Waals surface area contributed by atoms with E-state index in [-0.39, 0.29) is 132 Å². The van der Waals surface area contributed by atoms with E-state index in [1.54, 1.807) is 0 Å². The van der Waals surface area contributed by atoms with Gasteiger partial charge in [-0.2, -0.15) is 0 Å². The van der Waals surface area contributed by atoms with Crippen molar-refractivity contribution in [2.75, 3.05) is 65.7 Å². The zero-order valence-electron chi connectivity index (χ0n) is 20.2. The van der Waals surface area contributed by atoms with Crippen LogP contribution >= 0.6 is 0 Å². The van der Waals surface area contributed by atoms with Gasteiger partial charge in [0.05, 0.1) is 52.6 Å². The third-order valence-corrected chi connectivity index (χ3v) is 2.91. The van der Waals surface area contributed by atoms with Crippen molar-refractivity contribution < 1.29 is 142 Å². The third-order valence-electron chi connectivity index (χ3n) is 2.91. The molecule has 0 aliphatic rings. The molecule has 0 aliphatic carbocycles. The maximum absolute atomic E-state index is 10.6. The molecule has 156 valence electrons. The van der Waals surface area contributed by atoms with Gasteiger partial charge < -0.3 is 34.2 Å². The van der Waals surface area contributed by atoms with Crippen LogP contribution in [0.1, 0.15) is 4.28 Å². The van der Waals surface area contributed by atoms with E-state index in [4.69, 9.17) is 29.9 Å². The van der Waals surface area contributed by atoms with Gasteiger partial charge in [-0.05, 0) is 0 Å². The van der Waals surface area contributed by atoms with Crippen molar-refractivity contribution in [1.82, 2.24) is 9.80 Å². The molecular formula is C14H27N2Na3O10. The van der Waals surface area contributed by atoms with Gasteiger partial charge in [0.2, 0.25) is 0 Å². The molecule has 0 bridgehead atoms. The molecule has 0 amide bonds. The minimum Gasteiger partial charge on any atom is -1.00 e. The second-order valence-electron chi connectivity index (χ2n) is 5.22. The first-order valence-corrected chi connectivity index (χ1v) is 7.68. The van der Waals surface area contributed by atoms with Crippen LogP contribution in [-0.2, 0) is 28.7 Å². The Morgan fingerprint density at radius 2 is 0.793 bits per heavy atom. The summed E-state index contributed by atoms with van der Waals surface area (Å²) in [4.78, 5) is 44.9. The molecule has 15 heteroatoms. The van der Waals surface area contributed by atoms with Crippen LogP contribution in [0.2, 0.25) is 0 Å². The van der Waals surface area contributed by atoms with E-state index in [0.29, 0.717) is 0 Å². The summed E-state index contributed by atoms with van der Waals surface area (Å²) in [6.07, 6.45) is 0. The molecule has 0 aromatic carbocycles. The van der Waals surface area contributed by atoms with E-state index < -0.39 is 50.1 Å². The fourth-order valence-electron chi connectivity index (χ4n) is 1.90. The molecule has 12 nitrogen and oxygen atoms in total. The molecular weight excluding hydrogens is 425 g/mol. The number of aliphatic carboxylic acids is 4. The first-order valence-electron chi connectivity index (χ1n) is 7.68. The summed E-state index contributed by atoms with van der Waals surface area (Å²) in [6, 6.07) is 0. The van der Waals surface area contributed by atoms with E-state index in [1.165, 1.54) is 9.80 Å². The van der Waals surface area contributed by atoms with Gasteiger partial charge in [0.1, 0.15) is 0 Å². The van der Waals surface area contributed by atoms with Crippen LogP contribution in [0.25, 0.3) is 0 Å². The maximum atomic E-state index is 10.6. The average Bonchev–Trinajstić information content (AvgIpc) is 2.47. The topological polar surface area (TPSA) is 174 Å². The number of rotatable bonds is 17. The molecule has 0 radical (unpaired) electrons. The summed E-state index contributed by atoms with van der Waals surface area (Å²) in [6.45, 7) is -0.790. The van der Waals surface area contributed by atoms with Gasteiger partial charge in [-0.1, -0.05) is 0 Å². The summed E-state index contributed by atoms with van der Waals surface area (Å²) < 4.78 is 10.4. The van der Waals surface area contributed by atoms with E-state index in [9.17, 15) is 19.2 Å². The molecule has 0 spiro atoms. The van der Waals surface area contributed by atoms with E-state index in [0.717, 1.165) is 0 Å². The Labute approximate surface area is 239 Å². The van der Waals surface area contributed by atoms with Crippen molar-refractivity contribution in [2.45, 2.75) is 0 Å². The summed E-state index contributed by atoms with van der Waals surface area (Å²) in [7, 11) is 0. The van der Waals surface area contributed by atoms with Crippen molar-refractivity contribution in [1.29, 1.82) is 0 Å². The Balaban J connectivity index is -0.000000208. The van der Waals surface area contributed by atoms with Gasteiger partial charge in [0, 0.05) is 13.1 Å². The number of nitrogens with zero attached hydrogens (tertiary/aromatic N) is 2. The largest absolute Gasteiger partial charge is 1.00 e. The quantitative estimate of drug-likeness (QED) is 0.121. The minimum absolute atomic E-state index is 0. The van der Waals surface area contributed by atoms with Crippen molar-refractivity contribution >= 4 is 23.9 Å². The Bertz CT molecular complexity index is 425. The van der Waals surface area contributed by atoms with Crippen LogP contribution < -0.4 is 88.7 Å². The number of hydrogen-bond acceptors (Lipinski definition) is 8. The minimum atomic E-state index is -1.14. The van der Waals surface area contributed by atoms with E-state index in [1.807, 2.05) is 0 Å². The molecule has 0 unspecified atom stereocenters. The molecule has 0 fully saturated rings. The summed E-state index contributed by atoms with van der Waals surface area (Å²) in [5.74, 6) is -4.55. The first-order chi connectivity index (χ1) is 12.2. The van der Waals surface area contributed by atoms with Crippen molar-refractivity contribution in [2.24, 2.45) is 0 Å². The molecule has 0 aromatic heterocycles. The molecule has 0 saturated carbocycles. The molecule has 0 atom stereocenters. The van der Waals surface area contributed by atoms with Crippen LogP contribution in [0.4, 0.5) is 0 Å². The Kier molecular flexibility index (Phi) is 29.9. The van der Waals surface area contributed by atoms with Crippen molar-refractivity contribution in [3.63, 3.8) is 0 Å². The van der Waals surface area contributed by atoms with Crippen molar-refractivity contribution in [3.8, 4) is 0 Å². The summed E-state index contributed by atoms with van der Waals surface area (Å²) >= 11 is 0. The number of hydrogen-bond donors (Lipinski definition) is 4. The third kappa shape index (κ3) is 26.7. The number of carbonyl (C=O) groups is 4. The predicted molar refractivity (Wildman–Crippen MR) is 88.4 cm³/mol. The van der Waals surface area contributed by atoms with Crippen molar-refractivity contribution in [3.05, 3.63) is 0 Å². The number of carboxylic acid groups (broad SMARTS) is 4. The second kappa shape index (κ2) is 23.4. The van der Waals surface area contributed by atoms with Gasteiger partial charge >= 0.3 is 113 Å². The average molecular weight is 452 g/mol. The van der Waals surface area contributed by atoms with Crippen LogP contribution in [0, 0.1) is 0 Å². The first kappa shape index (κ1) is 37.1. The van der Waals surface area contributed by atoms with Gasteiger partial charge in [0.15, 0.2) is 0 Å². The van der Waals surface area contributed by atoms with Gasteiger partial charge in [-0.15, -0.1) is 0 Å². The predicted octanol–water partition coefficient (Wildman–Crippen LogP) is -10.7. The second-order valence-corrected chi connectivity index (χ2v) is 5.22. The SMILES string of the molecule is O=C(O)CN(CCOCCOCCN(CC(=O)O)CC(=O)O)CC(=O)O.[H-].[H-].[H-].[Na+].[Na+].[Na+]. The molecule has 0 aliphatic heterocycles. The number of carboxylic acids is 4. The van der Waals surface area contributed by atoms with E-state index >= 15 is 0 Å². The van der Waals surface area contributed by atoms with Gasteiger partial charge in [0.25, 0.3) is 0 Å². The maximum Gasteiger partial charge on any atom is 1.00 e. The van der Waals surface area contributed by atoms with Gasteiger partial charge in [-0.25, -0.2) is 0 Å². The zero-order chi connectivity index (χ0) is 19.9. The fraction of sp³-hybridized carbons (Fsp3) is 0.714. The molecule has 0 heterocycles. The fourth-order valence-corrected chi connectivity index (χ4v) is 1.90. The Morgan fingerprint density at radius 3 is 1.00 bits per heavy atom. The molecule has 0 rings (SSSR count). The normalized spacial score (nSPS) is 9.86. The zero-order valence-corrected chi connectivity index (χ0v) is 23.2. The summed E-state index contributed by atoms with van der Waals surface area (Å²) in [5.41, 5.74) is 0. The molecule has 0 aromatic rings. The standard InChI is InChI=1S/C14H24N2O10.3Na.3H/c17-11(18)7-15(8-12(19)20)1-3-25-5-6-26-4-2-16(9-13(21)22)10-14(23)24;;;;;;/h1-10H2,(H,17,18)(H,19,20)(H,21,22)(H,23,24);;;;;;/q;3*+1;3*-1. The van der Waals surface area contributed by atoms with Crippen LogP contribution in [-0.4, -0.2) is 120 Å². The van der Waals surface area contributed by atoms with E-state index in [2.05, 4.69) is 0 Å². The van der Waals surface area contributed by atoms with Crippen LogP contribution in [0.5, 0.6) is 0 Å². The summed E-state index contributed by atoms with van der Waals surface area (Å²) in [5, 5.41) is 34.7. The molecule has 4 N–H and O–H groups in total. The van der Waals surface area contributed by atoms with Gasteiger partial charge in [-0.3, -0.25) is 29.0 Å². The smallest absolute Gasteiger partial charge is 1.00 e. The monoisotopic (exact) mass is 452 g/mol. The van der Waals surface area contributed by atoms with Crippen LogP contribution in [0.3, 0.4) is 0 Å². The Hall–Kier alpha value is 0.720. The Morgan fingerprint density at radius 1 is 0.552 bits per heavy atom. The van der Waals surface area contributed by atoms with Crippen LogP contribution in [0.15, 0.2) is 0 Å². The number of ether oxygens (including phenoxy) is 2.